The molecule has 1 heterocycles. The van der Waals surface area contributed by atoms with E-state index in [0.717, 1.165) is 23.9 Å². The summed E-state index contributed by atoms with van der Waals surface area (Å²) in [5.74, 6) is 1.08. The van der Waals surface area contributed by atoms with Crippen LogP contribution in [0.2, 0.25) is 0 Å². The van der Waals surface area contributed by atoms with E-state index in [1.165, 1.54) is 0 Å². The Labute approximate surface area is 71.2 Å². The van der Waals surface area contributed by atoms with E-state index >= 15 is 0 Å². The van der Waals surface area contributed by atoms with Crippen LogP contribution in [0.1, 0.15) is 19.7 Å². The number of hydrogen-bond acceptors (Lipinski definition) is 3. The van der Waals surface area contributed by atoms with E-state index in [2.05, 4.69) is 28.6 Å². The summed E-state index contributed by atoms with van der Waals surface area (Å²) in [4.78, 5) is 0. The Balaban J connectivity index is 2.99. The summed E-state index contributed by atoms with van der Waals surface area (Å²) >= 11 is 1.65. The maximum Gasteiger partial charge on any atom is 0.190 e. The van der Waals surface area contributed by atoms with Gasteiger partial charge in [-0.2, -0.15) is 0 Å². The SMILES string of the molecule is CCc1nnc(SC)n1CC. The molecule has 0 unspecified atom stereocenters. The highest BCUT2D eigenvalue weighted by atomic mass is 32.2. The van der Waals surface area contributed by atoms with Gasteiger partial charge in [0.1, 0.15) is 5.82 Å². The van der Waals surface area contributed by atoms with E-state index in [0.29, 0.717) is 0 Å². The third-order valence-electron chi connectivity index (χ3n) is 1.61. The maximum atomic E-state index is 4.07. The zero-order valence-corrected chi connectivity index (χ0v) is 7.98. The Hall–Kier alpha value is -0.510. The van der Waals surface area contributed by atoms with Gasteiger partial charge in [0.2, 0.25) is 0 Å². The largest absolute Gasteiger partial charge is 0.306 e. The van der Waals surface area contributed by atoms with Crippen molar-refractivity contribution in [3.8, 4) is 0 Å². The van der Waals surface area contributed by atoms with E-state index in [1.54, 1.807) is 11.8 Å². The molecule has 0 atom stereocenters. The molecule has 0 fully saturated rings. The van der Waals surface area contributed by atoms with Crippen molar-refractivity contribution in [1.29, 1.82) is 0 Å². The van der Waals surface area contributed by atoms with Gasteiger partial charge in [-0.1, -0.05) is 18.7 Å². The number of rotatable bonds is 3. The standard InChI is InChI=1S/C7H13N3S/c1-4-6-8-9-7(11-3)10(6)5-2/h4-5H2,1-3H3. The molecule has 0 aromatic carbocycles. The molecule has 0 aliphatic heterocycles. The van der Waals surface area contributed by atoms with Crippen molar-refractivity contribution in [1.82, 2.24) is 14.8 Å². The van der Waals surface area contributed by atoms with E-state index in [1.807, 2.05) is 6.26 Å². The van der Waals surface area contributed by atoms with Crippen molar-refractivity contribution < 1.29 is 0 Å². The molecule has 1 rings (SSSR count). The molecule has 0 saturated heterocycles. The van der Waals surface area contributed by atoms with E-state index in [-0.39, 0.29) is 0 Å². The van der Waals surface area contributed by atoms with Crippen LogP contribution in [-0.4, -0.2) is 21.0 Å². The summed E-state index contributed by atoms with van der Waals surface area (Å²) in [6.45, 7) is 5.18. The van der Waals surface area contributed by atoms with Crippen LogP contribution in [0.3, 0.4) is 0 Å². The van der Waals surface area contributed by atoms with Crippen LogP contribution < -0.4 is 0 Å². The minimum absolute atomic E-state index is 0.960. The molecule has 11 heavy (non-hydrogen) atoms. The maximum absolute atomic E-state index is 4.07. The van der Waals surface area contributed by atoms with Crippen molar-refractivity contribution in [2.24, 2.45) is 0 Å². The summed E-state index contributed by atoms with van der Waals surface area (Å²) in [5, 5.41) is 9.14. The summed E-state index contributed by atoms with van der Waals surface area (Å²) in [6.07, 6.45) is 2.98. The lowest BCUT2D eigenvalue weighted by Crippen LogP contribution is -2.01. The molecular weight excluding hydrogens is 158 g/mol. The Kier molecular flexibility index (Phi) is 2.93. The summed E-state index contributed by atoms with van der Waals surface area (Å²) in [6, 6.07) is 0. The molecule has 0 bridgehead atoms. The fourth-order valence-corrected chi connectivity index (χ4v) is 1.63. The number of thioether (sulfide) groups is 1. The van der Waals surface area contributed by atoms with Crippen LogP contribution in [0.15, 0.2) is 5.16 Å². The highest BCUT2D eigenvalue weighted by Gasteiger charge is 2.06. The molecule has 0 N–H and O–H groups in total. The molecule has 0 radical (unpaired) electrons. The molecule has 1 aromatic heterocycles. The van der Waals surface area contributed by atoms with Crippen molar-refractivity contribution in [2.45, 2.75) is 32.0 Å². The zero-order valence-electron chi connectivity index (χ0n) is 7.16. The second-order valence-corrected chi connectivity index (χ2v) is 2.97. The average Bonchev–Trinajstić information content (AvgIpc) is 2.45. The van der Waals surface area contributed by atoms with Crippen LogP contribution in [0.5, 0.6) is 0 Å². The third kappa shape index (κ3) is 1.56. The lowest BCUT2D eigenvalue weighted by atomic mass is 10.4. The van der Waals surface area contributed by atoms with Gasteiger partial charge in [-0.15, -0.1) is 10.2 Å². The minimum Gasteiger partial charge on any atom is -0.306 e. The van der Waals surface area contributed by atoms with Gasteiger partial charge < -0.3 is 4.57 Å². The molecule has 0 amide bonds. The number of hydrogen-bond donors (Lipinski definition) is 0. The first-order valence-corrected chi connectivity index (χ1v) is 5.02. The molecule has 0 saturated carbocycles. The second kappa shape index (κ2) is 3.76. The molecule has 4 heteroatoms. The molecule has 0 aliphatic carbocycles. The quantitative estimate of drug-likeness (QED) is 0.647. The van der Waals surface area contributed by atoms with Gasteiger partial charge in [0.25, 0.3) is 0 Å². The Morgan fingerprint density at radius 3 is 2.55 bits per heavy atom. The van der Waals surface area contributed by atoms with Gasteiger partial charge >= 0.3 is 0 Å². The molecule has 3 nitrogen and oxygen atoms in total. The van der Waals surface area contributed by atoms with Gasteiger partial charge in [-0.05, 0) is 13.2 Å². The molecule has 62 valence electrons. The molecule has 0 aliphatic rings. The number of aryl methyl sites for hydroxylation is 1. The van der Waals surface area contributed by atoms with Crippen LogP contribution in [0, 0.1) is 0 Å². The fourth-order valence-electron chi connectivity index (χ4n) is 1.05. The van der Waals surface area contributed by atoms with Gasteiger partial charge in [0.15, 0.2) is 5.16 Å². The van der Waals surface area contributed by atoms with Crippen LogP contribution >= 0.6 is 11.8 Å². The Bertz CT molecular complexity index is 210. The normalized spacial score (nSPS) is 10.5. The summed E-state index contributed by atoms with van der Waals surface area (Å²) in [5.41, 5.74) is 0. The lowest BCUT2D eigenvalue weighted by molar-refractivity contribution is 0.647. The molecule has 0 spiro atoms. The van der Waals surface area contributed by atoms with Crippen LogP contribution in [0.25, 0.3) is 0 Å². The molecular formula is C7H13N3S. The van der Waals surface area contributed by atoms with Crippen LogP contribution in [0.4, 0.5) is 0 Å². The van der Waals surface area contributed by atoms with Gasteiger partial charge in [0.05, 0.1) is 0 Å². The number of aromatic nitrogens is 3. The van der Waals surface area contributed by atoms with Gasteiger partial charge in [0, 0.05) is 13.0 Å². The average molecular weight is 171 g/mol. The van der Waals surface area contributed by atoms with E-state index in [4.69, 9.17) is 0 Å². The van der Waals surface area contributed by atoms with Crippen molar-refractivity contribution in [2.75, 3.05) is 6.26 Å². The highest BCUT2D eigenvalue weighted by Crippen LogP contribution is 2.13. The summed E-state index contributed by atoms with van der Waals surface area (Å²) in [7, 11) is 0. The fraction of sp³-hybridized carbons (Fsp3) is 0.714. The van der Waals surface area contributed by atoms with E-state index < -0.39 is 0 Å². The van der Waals surface area contributed by atoms with Gasteiger partial charge in [-0.3, -0.25) is 0 Å². The first-order valence-electron chi connectivity index (χ1n) is 3.79. The van der Waals surface area contributed by atoms with Crippen molar-refractivity contribution in [3.05, 3.63) is 5.82 Å². The Morgan fingerprint density at radius 2 is 2.09 bits per heavy atom. The number of nitrogens with zero attached hydrogens (tertiary/aromatic N) is 3. The second-order valence-electron chi connectivity index (χ2n) is 2.20. The van der Waals surface area contributed by atoms with Gasteiger partial charge in [-0.25, -0.2) is 0 Å². The third-order valence-corrected chi connectivity index (χ3v) is 2.28. The zero-order chi connectivity index (χ0) is 8.27. The highest BCUT2D eigenvalue weighted by molar-refractivity contribution is 7.98. The lowest BCUT2D eigenvalue weighted by Gasteiger charge is -2.02. The van der Waals surface area contributed by atoms with Crippen molar-refractivity contribution in [3.63, 3.8) is 0 Å². The topological polar surface area (TPSA) is 30.7 Å². The Morgan fingerprint density at radius 1 is 1.36 bits per heavy atom. The predicted molar refractivity (Wildman–Crippen MR) is 46.9 cm³/mol. The minimum atomic E-state index is 0.960. The van der Waals surface area contributed by atoms with Crippen molar-refractivity contribution >= 4 is 11.8 Å². The van der Waals surface area contributed by atoms with Crippen LogP contribution in [-0.2, 0) is 13.0 Å². The first-order chi connectivity index (χ1) is 5.33. The smallest absolute Gasteiger partial charge is 0.190 e. The van der Waals surface area contributed by atoms with E-state index in [9.17, 15) is 0 Å². The monoisotopic (exact) mass is 171 g/mol. The predicted octanol–water partition coefficient (Wildman–Crippen LogP) is 1.58. The summed E-state index contributed by atoms with van der Waals surface area (Å²) < 4.78 is 2.14. The molecule has 1 aromatic rings. The first kappa shape index (κ1) is 8.59.